The summed E-state index contributed by atoms with van der Waals surface area (Å²) in [6.45, 7) is 3.29. The van der Waals surface area contributed by atoms with Crippen LogP contribution >= 0.6 is 0 Å². The number of quaternary nitrogens is 1. The van der Waals surface area contributed by atoms with Gasteiger partial charge in [0.1, 0.15) is 0 Å². The van der Waals surface area contributed by atoms with Crippen LogP contribution in [0, 0.1) is 0 Å². The Morgan fingerprint density at radius 3 is 2.82 bits per heavy atom. The lowest BCUT2D eigenvalue weighted by molar-refractivity contribution is -0.823. The zero-order valence-corrected chi connectivity index (χ0v) is 7.88. The molecule has 1 atom stereocenters. The Morgan fingerprint density at radius 1 is 1.55 bits per heavy atom. The predicted molar refractivity (Wildman–Crippen MR) is 48.8 cm³/mol. The van der Waals surface area contributed by atoms with E-state index in [1.165, 1.54) is 19.3 Å². The number of hydrogen-bond acceptors (Lipinski definition) is 1. The Hall–Kier alpha value is -0.370. The fourth-order valence-corrected chi connectivity index (χ4v) is 1.73. The van der Waals surface area contributed by atoms with Gasteiger partial charge in [0.25, 0.3) is 0 Å². The van der Waals surface area contributed by atoms with E-state index in [9.17, 15) is 0 Å². The first-order chi connectivity index (χ1) is 5.17. The lowest BCUT2D eigenvalue weighted by Crippen LogP contribution is -2.50. The summed E-state index contributed by atoms with van der Waals surface area (Å²) in [5.41, 5.74) is 0. The Balaban J connectivity index is 2.57. The van der Waals surface area contributed by atoms with E-state index in [-0.39, 0.29) is 0 Å². The maximum atomic E-state index is 4.31. The highest BCUT2D eigenvalue weighted by atomic mass is 15.4. The van der Waals surface area contributed by atoms with E-state index >= 15 is 0 Å². The Kier molecular flexibility index (Phi) is 2.66. The van der Waals surface area contributed by atoms with Crippen molar-refractivity contribution in [2.75, 3.05) is 20.6 Å². The molecule has 2 nitrogen and oxygen atoms in total. The molecule has 0 radical (unpaired) electrons. The first-order valence-electron chi connectivity index (χ1n) is 4.51. The molecule has 0 N–H and O–H groups in total. The van der Waals surface area contributed by atoms with E-state index in [2.05, 4.69) is 32.4 Å². The number of rotatable bonds is 2. The molecule has 0 saturated heterocycles. The second-order valence-corrected chi connectivity index (χ2v) is 3.88. The van der Waals surface area contributed by atoms with Crippen LogP contribution in [0.15, 0.2) is 4.99 Å². The molecule has 0 aromatic rings. The maximum absolute atomic E-state index is 4.31. The Bertz CT molecular complexity index is 150. The van der Waals surface area contributed by atoms with Crippen molar-refractivity contribution in [1.82, 2.24) is 0 Å². The molecule has 1 aliphatic rings. The van der Waals surface area contributed by atoms with Crippen LogP contribution in [0.1, 0.15) is 26.2 Å². The highest BCUT2D eigenvalue weighted by molar-refractivity contribution is 5.46. The molecule has 0 bridgehead atoms. The molecule has 2 heteroatoms. The molecule has 1 heterocycles. The first-order valence-corrected chi connectivity index (χ1v) is 4.51. The van der Waals surface area contributed by atoms with Crippen molar-refractivity contribution in [2.24, 2.45) is 4.99 Å². The van der Waals surface area contributed by atoms with Crippen LogP contribution in [0.3, 0.4) is 0 Å². The summed E-state index contributed by atoms with van der Waals surface area (Å²) in [6, 6.07) is 0.803. The van der Waals surface area contributed by atoms with Gasteiger partial charge in [0.05, 0.1) is 26.7 Å². The summed E-state index contributed by atoms with van der Waals surface area (Å²) in [5, 5.41) is 0. The number of hydrogen-bond donors (Lipinski definition) is 0. The van der Waals surface area contributed by atoms with E-state index in [4.69, 9.17) is 0 Å². The van der Waals surface area contributed by atoms with Crippen molar-refractivity contribution in [1.29, 1.82) is 0 Å². The van der Waals surface area contributed by atoms with Gasteiger partial charge in [-0.1, -0.05) is 13.3 Å². The van der Waals surface area contributed by atoms with Gasteiger partial charge in [-0.25, -0.2) is 4.99 Å². The molecule has 1 aliphatic heterocycles. The first kappa shape index (κ1) is 8.72. The van der Waals surface area contributed by atoms with Gasteiger partial charge >= 0.3 is 0 Å². The molecule has 64 valence electrons. The van der Waals surface area contributed by atoms with Crippen molar-refractivity contribution in [2.45, 2.75) is 32.2 Å². The van der Waals surface area contributed by atoms with Gasteiger partial charge in [-0.05, 0) is 6.42 Å². The molecule has 0 fully saturated rings. The number of aliphatic imine (C=N–C) groups is 1. The quantitative estimate of drug-likeness (QED) is 0.538. The molecule has 1 rings (SSSR count). The summed E-state index contributed by atoms with van der Waals surface area (Å²) in [4.78, 5) is 4.31. The van der Waals surface area contributed by atoms with E-state index in [0.717, 1.165) is 17.1 Å². The average Bonchev–Trinajstić information content (AvgIpc) is 1.94. The smallest absolute Gasteiger partial charge is 0.185 e. The average molecular weight is 155 g/mol. The lowest BCUT2D eigenvalue weighted by atomic mass is 10.0. The summed E-state index contributed by atoms with van der Waals surface area (Å²) < 4.78 is 0.980. The molecule has 0 aromatic heterocycles. The molecule has 0 spiro atoms. The van der Waals surface area contributed by atoms with Crippen LogP contribution in [-0.4, -0.2) is 37.5 Å². The topological polar surface area (TPSA) is 12.4 Å². The molecule has 1 unspecified atom stereocenters. The van der Waals surface area contributed by atoms with Crippen molar-refractivity contribution < 1.29 is 4.48 Å². The molecule has 0 aliphatic carbocycles. The van der Waals surface area contributed by atoms with Gasteiger partial charge in [-0.15, -0.1) is 0 Å². The Morgan fingerprint density at radius 2 is 2.27 bits per heavy atom. The minimum Gasteiger partial charge on any atom is -0.284 e. The molecule has 0 aromatic carbocycles. The third-order valence-corrected chi connectivity index (χ3v) is 2.53. The van der Waals surface area contributed by atoms with Crippen LogP contribution in [-0.2, 0) is 0 Å². The van der Waals surface area contributed by atoms with Crippen LogP contribution < -0.4 is 0 Å². The predicted octanol–water partition coefficient (Wildman–Crippen LogP) is 1.66. The van der Waals surface area contributed by atoms with Crippen molar-refractivity contribution >= 4 is 6.34 Å². The van der Waals surface area contributed by atoms with E-state index in [1.54, 1.807) is 0 Å². The third-order valence-electron chi connectivity index (χ3n) is 2.53. The van der Waals surface area contributed by atoms with Crippen molar-refractivity contribution in [3.63, 3.8) is 0 Å². The van der Waals surface area contributed by atoms with Gasteiger partial charge in [0, 0.05) is 6.42 Å². The Labute approximate surface area is 69.5 Å². The van der Waals surface area contributed by atoms with Gasteiger partial charge in [-0.3, -0.25) is 4.48 Å². The van der Waals surface area contributed by atoms with Crippen molar-refractivity contribution in [3.8, 4) is 0 Å². The number of nitrogens with zero attached hydrogens (tertiary/aromatic N) is 2. The second kappa shape index (κ2) is 3.35. The summed E-state index contributed by atoms with van der Waals surface area (Å²) in [5.74, 6) is 0. The van der Waals surface area contributed by atoms with Crippen LogP contribution in [0.5, 0.6) is 0 Å². The monoisotopic (exact) mass is 155 g/mol. The molecule has 11 heavy (non-hydrogen) atoms. The summed E-state index contributed by atoms with van der Waals surface area (Å²) in [7, 11) is 4.48. The van der Waals surface area contributed by atoms with E-state index < -0.39 is 0 Å². The van der Waals surface area contributed by atoms with Crippen LogP contribution in [0.25, 0.3) is 0 Å². The summed E-state index contributed by atoms with van der Waals surface area (Å²) >= 11 is 0. The maximum Gasteiger partial charge on any atom is 0.185 e. The minimum absolute atomic E-state index is 0.803. The molecule has 0 saturated carbocycles. The van der Waals surface area contributed by atoms with Gasteiger partial charge < -0.3 is 0 Å². The summed E-state index contributed by atoms with van der Waals surface area (Å²) in [6.07, 6.45) is 5.97. The van der Waals surface area contributed by atoms with Crippen LogP contribution in [0.4, 0.5) is 0 Å². The largest absolute Gasteiger partial charge is 0.284 e. The van der Waals surface area contributed by atoms with Gasteiger partial charge in [0.2, 0.25) is 0 Å². The zero-order chi connectivity index (χ0) is 8.32. The highest BCUT2D eigenvalue weighted by Gasteiger charge is 2.27. The SMILES string of the molecule is CCCC1CCN=C[N+]1(C)C. The van der Waals surface area contributed by atoms with Crippen molar-refractivity contribution in [3.05, 3.63) is 0 Å². The fourth-order valence-electron chi connectivity index (χ4n) is 1.73. The van der Waals surface area contributed by atoms with Gasteiger partial charge in [-0.2, -0.15) is 0 Å². The molecular formula is C9H19N2+. The normalized spacial score (nSPS) is 28.8. The van der Waals surface area contributed by atoms with Gasteiger partial charge in [0.15, 0.2) is 6.34 Å². The lowest BCUT2D eigenvalue weighted by Gasteiger charge is -2.35. The standard InChI is InChI=1S/C9H19N2/c1-4-5-9-6-7-10-8-11(9,2)3/h8-9H,4-7H2,1-3H3/q+1. The highest BCUT2D eigenvalue weighted by Crippen LogP contribution is 2.17. The minimum atomic E-state index is 0.803. The van der Waals surface area contributed by atoms with E-state index in [1.807, 2.05) is 0 Å². The zero-order valence-electron chi connectivity index (χ0n) is 7.88. The fraction of sp³-hybridized carbons (Fsp3) is 0.889. The van der Waals surface area contributed by atoms with Crippen LogP contribution in [0.2, 0.25) is 0 Å². The molecular weight excluding hydrogens is 136 g/mol. The molecule has 0 amide bonds. The van der Waals surface area contributed by atoms with E-state index in [0.29, 0.717) is 0 Å². The second-order valence-electron chi connectivity index (χ2n) is 3.88. The third kappa shape index (κ3) is 2.03.